The number of ether oxygens (including phenoxy) is 1. The number of nitrogens with one attached hydrogen (secondary N) is 3. The molecule has 0 saturated heterocycles. The SMILES string of the molecule is CN(C)C(CNC(=O)[C@H](Cc1c[nH]c2ccccc12)NC(=O)OCc1ccccc1)c1ccccc1. The van der Waals surface area contributed by atoms with Crippen molar-refractivity contribution in [2.45, 2.75) is 25.1 Å². The average molecular weight is 485 g/mol. The van der Waals surface area contributed by atoms with Gasteiger partial charge in [-0.15, -0.1) is 0 Å². The van der Waals surface area contributed by atoms with Crippen LogP contribution in [0.3, 0.4) is 0 Å². The van der Waals surface area contributed by atoms with E-state index in [4.69, 9.17) is 4.74 Å². The van der Waals surface area contributed by atoms with Gasteiger partial charge in [0.1, 0.15) is 12.6 Å². The van der Waals surface area contributed by atoms with Crippen LogP contribution < -0.4 is 10.6 Å². The fourth-order valence-electron chi connectivity index (χ4n) is 4.23. The first-order chi connectivity index (χ1) is 17.5. The number of rotatable bonds is 10. The molecule has 3 aromatic carbocycles. The molecule has 0 spiro atoms. The third-order valence-electron chi connectivity index (χ3n) is 6.20. The third-order valence-corrected chi connectivity index (χ3v) is 6.20. The molecule has 0 fully saturated rings. The summed E-state index contributed by atoms with van der Waals surface area (Å²) in [6.07, 6.45) is 1.58. The number of carbonyl (C=O) groups excluding carboxylic acids is 2. The highest BCUT2D eigenvalue weighted by Crippen LogP contribution is 2.20. The molecule has 4 aromatic rings. The van der Waals surface area contributed by atoms with Crippen LogP contribution in [-0.4, -0.2) is 48.6 Å². The molecule has 36 heavy (non-hydrogen) atoms. The van der Waals surface area contributed by atoms with E-state index in [2.05, 4.69) is 20.5 Å². The van der Waals surface area contributed by atoms with Crippen molar-refractivity contribution in [3.8, 4) is 0 Å². The molecule has 0 aliphatic heterocycles. The van der Waals surface area contributed by atoms with Crippen molar-refractivity contribution in [1.29, 1.82) is 0 Å². The lowest BCUT2D eigenvalue weighted by Crippen LogP contribution is -2.49. The van der Waals surface area contributed by atoms with Gasteiger partial charge in [-0.3, -0.25) is 4.79 Å². The summed E-state index contributed by atoms with van der Waals surface area (Å²) in [5.74, 6) is -0.264. The van der Waals surface area contributed by atoms with Crippen molar-refractivity contribution in [3.63, 3.8) is 0 Å². The number of nitrogens with zero attached hydrogens (tertiary/aromatic N) is 1. The van der Waals surface area contributed by atoms with Crippen LogP contribution >= 0.6 is 0 Å². The summed E-state index contributed by atoms with van der Waals surface area (Å²) >= 11 is 0. The third kappa shape index (κ3) is 6.52. The van der Waals surface area contributed by atoms with E-state index in [9.17, 15) is 9.59 Å². The number of hydrogen-bond donors (Lipinski definition) is 3. The molecule has 7 nitrogen and oxygen atoms in total. The number of likely N-dealkylation sites (N-methyl/N-ethyl adjacent to an activating group) is 1. The molecular weight excluding hydrogens is 452 g/mol. The van der Waals surface area contributed by atoms with Gasteiger partial charge in [-0.25, -0.2) is 4.79 Å². The maximum Gasteiger partial charge on any atom is 0.408 e. The van der Waals surface area contributed by atoms with Gasteiger partial charge in [0.25, 0.3) is 0 Å². The highest BCUT2D eigenvalue weighted by atomic mass is 16.5. The number of hydrogen-bond acceptors (Lipinski definition) is 4. The molecule has 1 aromatic heterocycles. The largest absolute Gasteiger partial charge is 0.445 e. The average Bonchev–Trinajstić information content (AvgIpc) is 3.31. The van der Waals surface area contributed by atoms with Crippen LogP contribution in [0.1, 0.15) is 22.7 Å². The topological polar surface area (TPSA) is 86.5 Å². The first-order valence-electron chi connectivity index (χ1n) is 12.0. The fraction of sp³-hybridized carbons (Fsp3) is 0.241. The number of carbonyl (C=O) groups is 2. The monoisotopic (exact) mass is 484 g/mol. The Morgan fingerprint density at radius 1 is 0.917 bits per heavy atom. The summed E-state index contributed by atoms with van der Waals surface area (Å²) in [6.45, 7) is 0.534. The smallest absolute Gasteiger partial charge is 0.408 e. The molecule has 1 unspecified atom stereocenters. The van der Waals surface area contributed by atoms with E-state index in [0.29, 0.717) is 13.0 Å². The molecular formula is C29H32N4O3. The summed E-state index contributed by atoms with van der Waals surface area (Å²) in [5.41, 5.74) is 3.91. The molecule has 2 amide bonds. The number of H-pyrrole nitrogens is 1. The van der Waals surface area contributed by atoms with Gasteiger partial charge in [-0.2, -0.15) is 0 Å². The zero-order valence-corrected chi connectivity index (χ0v) is 20.6. The van der Waals surface area contributed by atoms with Crippen LogP contribution in [-0.2, 0) is 22.6 Å². The zero-order chi connectivity index (χ0) is 25.3. The molecule has 0 radical (unpaired) electrons. The van der Waals surface area contributed by atoms with Crippen molar-refractivity contribution < 1.29 is 14.3 Å². The van der Waals surface area contributed by atoms with Gasteiger partial charge in [0.2, 0.25) is 5.91 Å². The maximum absolute atomic E-state index is 13.4. The summed E-state index contributed by atoms with van der Waals surface area (Å²) in [4.78, 5) is 31.3. The van der Waals surface area contributed by atoms with E-state index in [-0.39, 0.29) is 18.6 Å². The van der Waals surface area contributed by atoms with Gasteiger partial charge in [0.05, 0.1) is 6.04 Å². The molecule has 1 heterocycles. The molecule has 7 heteroatoms. The second-order valence-electron chi connectivity index (χ2n) is 8.96. The van der Waals surface area contributed by atoms with Crippen LogP contribution in [0.2, 0.25) is 0 Å². The van der Waals surface area contributed by atoms with Gasteiger partial charge >= 0.3 is 6.09 Å². The van der Waals surface area contributed by atoms with E-state index in [1.54, 1.807) is 0 Å². The Labute approximate surface area is 211 Å². The van der Waals surface area contributed by atoms with Crippen molar-refractivity contribution in [1.82, 2.24) is 20.5 Å². The Bertz CT molecular complexity index is 1270. The quantitative estimate of drug-likeness (QED) is 0.311. The minimum Gasteiger partial charge on any atom is -0.445 e. The summed E-state index contributed by atoms with van der Waals surface area (Å²) in [6, 6.07) is 26.6. The Kier molecular flexibility index (Phi) is 8.36. The fourth-order valence-corrected chi connectivity index (χ4v) is 4.23. The van der Waals surface area contributed by atoms with Gasteiger partial charge in [-0.05, 0) is 36.9 Å². The maximum atomic E-state index is 13.4. The molecule has 186 valence electrons. The van der Waals surface area contributed by atoms with Crippen LogP contribution in [0.4, 0.5) is 4.79 Å². The van der Waals surface area contributed by atoms with Gasteiger partial charge in [0.15, 0.2) is 0 Å². The molecule has 2 atom stereocenters. The van der Waals surface area contributed by atoms with Crippen molar-refractivity contribution in [3.05, 3.63) is 108 Å². The number of amides is 2. The van der Waals surface area contributed by atoms with E-state index in [0.717, 1.165) is 27.6 Å². The van der Waals surface area contributed by atoms with Crippen molar-refractivity contribution >= 4 is 22.9 Å². The van der Waals surface area contributed by atoms with Crippen LogP contribution in [0.25, 0.3) is 10.9 Å². The van der Waals surface area contributed by atoms with Crippen molar-refractivity contribution in [2.75, 3.05) is 20.6 Å². The van der Waals surface area contributed by atoms with Gasteiger partial charge in [-0.1, -0.05) is 78.9 Å². The number of alkyl carbamates (subject to hydrolysis) is 1. The highest BCUT2D eigenvalue weighted by molar-refractivity contribution is 5.88. The Hall–Kier alpha value is -4.10. The normalized spacial score (nSPS) is 12.8. The van der Waals surface area contributed by atoms with Crippen LogP contribution in [0.5, 0.6) is 0 Å². The number of para-hydroxylation sites is 1. The standard InChI is InChI=1S/C29H32N4O3/c1-33(2)27(22-13-7-4-8-14-22)19-31-28(34)26(17-23-18-30-25-16-10-9-15-24(23)25)32-29(35)36-20-21-11-5-3-6-12-21/h3-16,18,26-27,30H,17,19-20H2,1-2H3,(H,31,34)(H,32,35)/t26-,27?/m0/s1. The minimum absolute atomic E-state index is 0.00563. The van der Waals surface area contributed by atoms with E-state index in [1.807, 2.05) is 105 Å². The lowest BCUT2D eigenvalue weighted by atomic mass is 10.0. The summed E-state index contributed by atoms with van der Waals surface area (Å²) in [5, 5.41) is 6.84. The lowest BCUT2D eigenvalue weighted by Gasteiger charge is -2.26. The Balaban J connectivity index is 1.47. The van der Waals surface area contributed by atoms with Crippen LogP contribution in [0, 0.1) is 0 Å². The predicted molar refractivity (Wildman–Crippen MR) is 141 cm³/mol. The molecule has 0 bridgehead atoms. The predicted octanol–water partition coefficient (Wildman–Crippen LogP) is 4.42. The summed E-state index contributed by atoms with van der Waals surface area (Å²) < 4.78 is 5.40. The second-order valence-corrected chi connectivity index (χ2v) is 8.96. The lowest BCUT2D eigenvalue weighted by molar-refractivity contribution is -0.123. The molecule has 4 rings (SSSR count). The van der Waals surface area contributed by atoms with Gasteiger partial charge < -0.3 is 25.3 Å². The molecule has 0 saturated carbocycles. The van der Waals surface area contributed by atoms with E-state index >= 15 is 0 Å². The minimum atomic E-state index is -0.800. The van der Waals surface area contributed by atoms with E-state index < -0.39 is 12.1 Å². The van der Waals surface area contributed by atoms with Gasteiger partial charge in [0, 0.05) is 30.1 Å². The van der Waals surface area contributed by atoms with E-state index in [1.165, 1.54) is 0 Å². The number of fused-ring (bicyclic) bond motifs is 1. The second kappa shape index (κ2) is 12.0. The zero-order valence-electron chi connectivity index (χ0n) is 20.6. The number of aromatic nitrogens is 1. The Morgan fingerprint density at radius 3 is 2.31 bits per heavy atom. The summed E-state index contributed by atoms with van der Waals surface area (Å²) in [7, 11) is 3.96. The van der Waals surface area contributed by atoms with Crippen LogP contribution in [0.15, 0.2) is 91.1 Å². The highest BCUT2D eigenvalue weighted by Gasteiger charge is 2.25. The molecule has 0 aliphatic rings. The first-order valence-corrected chi connectivity index (χ1v) is 12.0. The van der Waals surface area contributed by atoms with Crippen molar-refractivity contribution in [2.24, 2.45) is 0 Å². The first kappa shape index (κ1) is 25.0. The number of benzene rings is 3. The number of aromatic amines is 1. The molecule has 3 N–H and O–H groups in total. The Morgan fingerprint density at radius 2 is 1.58 bits per heavy atom. The molecule has 0 aliphatic carbocycles.